The molecule has 0 atom stereocenters. The highest BCUT2D eigenvalue weighted by atomic mass is 32.1. The molecule has 3 heterocycles. The monoisotopic (exact) mass is 722 g/mol. The molecule has 0 unspecified atom stereocenters. The van der Waals surface area contributed by atoms with E-state index in [-0.39, 0.29) is 0 Å². The van der Waals surface area contributed by atoms with Gasteiger partial charge in [-0.15, -0.1) is 11.3 Å². The van der Waals surface area contributed by atoms with Crippen LogP contribution < -0.4 is 0 Å². The largest absolute Gasteiger partial charge is 0.228 e. The van der Waals surface area contributed by atoms with Gasteiger partial charge in [0.1, 0.15) is 0 Å². The first-order valence-corrected chi connectivity index (χ1v) is 19.4. The number of rotatable bonds is 7. The number of fused-ring (bicyclic) bond motifs is 3. The van der Waals surface area contributed by atoms with Gasteiger partial charge >= 0.3 is 0 Å². The summed E-state index contributed by atoms with van der Waals surface area (Å²) in [5, 5.41) is 2.41. The highest BCUT2D eigenvalue weighted by Crippen LogP contribution is 2.44. The molecule has 5 heteroatoms. The van der Waals surface area contributed by atoms with Crippen LogP contribution in [0.5, 0.6) is 0 Å². The third-order valence-corrected chi connectivity index (χ3v) is 11.4. The van der Waals surface area contributed by atoms with Crippen LogP contribution in [-0.2, 0) is 0 Å². The summed E-state index contributed by atoms with van der Waals surface area (Å²) in [5.74, 6) is 1.44. The summed E-state index contributed by atoms with van der Waals surface area (Å²) < 4.78 is 2.39. The van der Waals surface area contributed by atoms with Crippen LogP contribution in [-0.4, -0.2) is 19.9 Å². The maximum Gasteiger partial charge on any atom is 0.161 e. The molecule has 0 saturated carbocycles. The lowest BCUT2D eigenvalue weighted by Crippen LogP contribution is -1.99. The lowest BCUT2D eigenvalue weighted by atomic mass is 9.96. The van der Waals surface area contributed by atoms with Crippen molar-refractivity contribution in [2.24, 2.45) is 0 Å². The number of hydrogen-bond acceptors (Lipinski definition) is 5. The summed E-state index contributed by atoms with van der Waals surface area (Å²) in [5.41, 5.74) is 12.4. The average molecular weight is 723 g/mol. The fraction of sp³-hybridized carbons (Fsp3) is 0.0400. The Hall–Kier alpha value is -6.82. The third-order valence-electron chi connectivity index (χ3n) is 10.2. The van der Waals surface area contributed by atoms with Crippen LogP contribution in [0.1, 0.15) is 18.5 Å². The van der Waals surface area contributed by atoms with E-state index in [1.165, 1.54) is 31.3 Å². The molecule has 55 heavy (non-hydrogen) atoms. The van der Waals surface area contributed by atoms with Crippen LogP contribution in [0, 0.1) is 0 Å². The Labute approximate surface area is 323 Å². The molecule has 4 nitrogen and oxygen atoms in total. The number of benzene rings is 6. The van der Waals surface area contributed by atoms with Crippen LogP contribution in [0.4, 0.5) is 0 Å². The minimum atomic E-state index is 0.718. The van der Waals surface area contributed by atoms with Crippen molar-refractivity contribution in [2.45, 2.75) is 12.8 Å². The van der Waals surface area contributed by atoms with E-state index in [2.05, 4.69) is 164 Å². The highest BCUT2D eigenvalue weighted by molar-refractivity contribution is 7.26. The van der Waals surface area contributed by atoms with Gasteiger partial charge in [0.2, 0.25) is 0 Å². The van der Waals surface area contributed by atoms with Crippen molar-refractivity contribution in [3.05, 3.63) is 188 Å². The molecule has 0 radical (unpaired) electrons. The van der Waals surface area contributed by atoms with E-state index in [4.69, 9.17) is 19.9 Å². The first-order chi connectivity index (χ1) is 27.2. The van der Waals surface area contributed by atoms with Crippen LogP contribution >= 0.6 is 11.3 Å². The fourth-order valence-electron chi connectivity index (χ4n) is 7.49. The van der Waals surface area contributed by atoms with Crippen molar-refractivity contribution in [3.63, 3.8) is 0 Å². The van der Waals surface area contributed by atoms with Gasteiger partial charge in [-0.25, -0.2) is 19.9 Å². The maximum atomic E-state index is 5.19. The van der Waals surface area contributed by atoms with E-state index >= 15 is 0 Å². The van der Waals surface area contributed by atoms with Crippen LogP contribution in [0.25, 0.3) is 93.4 Å². The quantitative estimate of drug-likeness (QED) is 0.164. The summed E-state index contributed by atoms with van der Waals surface area (Å²) in [6, 6.07) is 57.1. The van der Waals surface area contributed by atoms with Crippen molar-refractivity contribution in [2.75, 3.05) is 0 Å². The van der Waals surface area contributed by atoms with Crippen molar-refractivity contribution in [3.8, 4) is 67.7 Å². The number of hydrogen-bond donors (Lipinski definition) is 0. The van der Waals surface area contributed by atoms with Crippen molar-refractivity contribution < 1.29 is 0 Å². The van der Waals surface area contributed by atoms with Gasteiger partial charge in [0.25, 0.3) is 0 Å². The van der Waals surface area contributed by atoms with Gasteiger partial charge < -0.3 is 0 Å². The molecule has 9 aromatic rings. The summed E-state index contributed by atoms with van der Waals surface area (Å²) >= 11 is 1.80. The summed E-state index contributed by atoms with van der Waals surface area (Å²) in [4.78, 5) is 20.7. The summed E-state index contributed by atoms with van der Waals surface area (Å²) in [6.07, 6.45) is 8.51. The molecule has 6 aromatic carbocycles. The molecule has 0 amide bonds. The van der Waals surface area contributed by atoms with E-state index in [1.54, 1.807) is 11.3 Å². The minimum absolute atomic E-state index is 0.718. The first-order valence-electron chi connectivity index (χ1n) is 18.6. The molecule has 0 bridgehead atoms. The van der Waals surface area contributed by atoms with Crippen molar-refractivity contribution in [1.29, 1.82) is 0 Å². The topological polar surface area (TPSA) is 51.6 Å². The standard InChI is InChI=1S/C50H34N4S/c1-5-16-33(17-6-1)42-31-43(34-18-7-2-8-19-34)52-49(51-42)38-25-13-24-37(30-38)39-26-15-29-46-47(39)40-27-14-28-41(48(40)55-46)50-53-44(35-20-9-3-10-21-35)32-45(54-50)36-22-11-4-12-23-36/h1-7,9-18,20-32H,8,19H2. The number of nitrogens with zero attached hydrogens (tertiary/aromatic N) is 4. The van der Waals surface area contributed by atoms with Gasteiger partial charge in [0, 0.05) is 48.0 Å². The van der Waals surface area contributed by atoms with Gasteiger partial charge in [-0.2, -0.15) is 0 Å². The molecular formula is C50H34N4S. The summed E-state index contributed by atoms with van der Waals surface area (Å²) in [7, 11) is 0. The second-order valence-corrected chi connectivity index (χ2v) is 14.8. The molecule has 0 saturated heterocycles. The number of thiophene rings is 1. The zero-order chi connectivity index (χ0) is 36.6. The molecule has 3 aromatic heterocycles. The van der Waals surface area contributed by atoms with E-state index < -0.39 is 0 Å². The molecular weight excluding hydrogens is 689 g/mol. The maximum absolute atomic E-state index is 5.19. The van der Waals surface area contributed by atoms with Crippen molar-refractivity contribution in [1.82, 2.24) is 19.9 Å². The Bertz CT molecular complexity index is 2850. The lowest BCUT2D eigenvalue weighted by Gasteiger charge is -2.13. The zero-order valence-electron chi connectivity index (χ0n) is 29.9. The Kier molecular flexibility index (Phi) is 8.47. The predicted molar refractivity (Wildman–Crippen MR) is 229 cm³/mol. The Morgan fingerprint density at radius 3 is 1.64 bits per heavy atom. The fourth-order valence-corrected chi connectivity index (χ4v) is 8.72. The second-order valence-electron chi connectivity index (χ2n) is 13.7. The average Bonchev–Trinajstić information content (AvgIpc) is 3.67. The van der Waals surface area contributed by atoms with Gasteiger partial charge in [-0.05, 0) is 59.9 Å². The third kappa shape index (κ3) is 6.35. The SMILES string of the molecule is C1=CCCC(c2cc(-c3ccccc3)nc(-c3cccc(-c4cccc5sc6c(-c7nc(-c8ccccc8)cc(-c8ccccc8)n7)cccc6c45)c3)n2)=C1. The molecule has 0 N–H and O–H groups in total. The number of aromatic nitrogens is 4. The summed E-state index contributed by atoms with van der Waals surface area (Å²) in [6.45, 7) is 0. The van der Waals surface area contributed by atoms with E-state index in [1.807, 2.05) is 18.2 Å². The van der Waals surface area contributed by atoms with E-state index in [9.17, 15) is 0 Å². The first kappa shape index (κ1) is 32.8. The molecule has 1 aliphatic carbocycles. The van der Waals surface area contributed by atoms with E-state index in [0.717, 1.165) is 80.6 Å². The zero-order valence-corrected chi connectivity index (χ0v) is 30.7. The van der Waals surface area contributed by atoms with Crippen molar-refractivity contribution >= 4 is 37.1 Å². The molecule has 0 fully saturated rings. The molecule has 1 aliphatic rings. The minimum Gasteiger partial charge on any atom is -0.228 e. The lowest BCUT2D eigenvalue weighted by molar-refractivity contribution is 1.03. The second kappa shape index (κ2) is 14.2. The Morgan fingerprint density at radius 1 is 0.436 bits per heavy atom. The van der Waals surface area contributed by atoms with E-state index in [0.29, 0.717) is 0 Å². The van der Waals surface area contributed by atoms with Gasteiger partial charge in [-0.1, -0.05) is 152 Å². The predicted octanol–water partition coefficient (Wildman–Crippen LogP) is 13.4. The highest BCUT2D eigenvalue weighted by Gasteiger charge is 2.19. The molecule has 0 aliphatic heterocycles. The van der Waals surface area contributed by atoms with Crippen LogP contribution in [0.2, 0.25) is 0 Å². The molecule has 0 spiro atoms. The molecule has 260 valence electrons. The van der Waals surface area contributed by atoms with Crippen LogP contribution in [0.3, 0.4) is 0 Å². The van der Waals surface area contributed by atoms with Gasteiger partial charge in [0.05, 0.1) is 22.8 Å². The Balaban J connectivity index is 1.11. The van der Waals surface area contributed by atoms with Crippen LogP contribution in [0.15, 0.2) is 182 Å². The normalized spacial score (nSPS) is 12.6. The van der Waals surface area contributed by atoms with Gasteiger partial charge in [-0.3, -0.25) is 0 Å². The van der Waals surface area contributed by atoms with Gasteiger partial charge in [0.15, 0.2) is 11.6 Å². The number of allylic oxidation sites excluding steroid dienone is 4. The Morgan fingerprint density at radius 2 is 0.982 bits per heavy atom. The molecule has 10 rings (SSSR count). The smallest absolute Gasteiger partial charge is 0.161 e.